The molecular formula is C12H22N4. The molecule has 2 unspecified atom stereocenters. The molecule has 0 saturated carbocycles. The van der Waals surface area contributed by atoms with Crippen LogP contribution in [0.1, 0.15) is 26.2 Å². The van der Waals surface area contributed by atoms with Crippen molar-refractivity contribution in [2.45, 2.75) is 44.8 Å². The third-order valence-corrected chi connectivity index (χ3v) is 3.45. The van der Waals surface area contributed by atoms with E-state index in [1.165, 1.54) is 25.8 Å². The number of nitrogens with two attached hydrogens (primary N) is 1. The molecule has 1 saturated heterocycles. The van der Waals surface area contributed by atoms with Gasteiger partial charge in [-0.3, -0.25) is 9.58 Å². The lowest BCUT2D eigenvalue weighted by molar-refractivity contribution is 0.124. The van der Waals surface area contributed by atoms with E-state index < -0.39 is 0 Å². The topological polar surface area (TPSA) is 47.1 Å². The largest absolute Gasteiger partial charge is 0.327 e. The monoisotopic (exact) mass is 222 g/mol. The van der Waals surface area contributed by atoms with Crippen molar-refractivity contribution < 1.29 is 0 Å². The number of hydrogen-bond donors (Lipinski definition) is 1. The molecule has 1 fully saturated rings. The van der Waals surface area contributed by atoms with Crippen LogP contribution in [0.3, 0.4) is 0 Å². The zero-order valence-electron chi connectivity index (χ0n) is 10.0. The van der Waals surface area contributed by atoms with E-state index >= 15 is 0 Å². The van der Waals surface area contributed by atoms with Crippen LogP contribution in [-0.4, -0.2) is 39.9 Å². The van der Waals surface area contributed by atoms with Crippen molar-refractivity contribution in [3.63, 3.8) is 0 Å². The van der Waals surface area contributed by atoms with Crippen molar-refractivity contribution in [3.8, 4) is 0 Å². The van der Waals surface area contributed by atoms with E-state index in [-0.39, 0.29) is 6.04 Å². The lowest BCUT2D eigenvalue weighted by Gasteiger charge is -2.37. The van der Waals surface area contributed by atoms with Crippen LogP contribution in [0.4, 0.5) is 0 Å². The number of aromatic nitrogens is 2. The van der Waals surface area contributed by atoms with E-state index in [1.807, 2.05) is 23.1 Å². The van der Waals surface area contributed by atoms with E-state index in [1.54, 1.807) is 0 Å². The van der Waals surface area contributed by atoms with Crippen molar-refractivity contribution in [2.24, 2.45) is 5.73 Å². The third kappa shape index (κ3) is 2.83. The first-order valence-electron chi connectivity index (χ1n) is 6.24. The van der Waals surface area contributed by atoms with E-state index in [2.05, 4.69) is 16.9 Å². The van der Waals surface area contributed by atoms with Gasteiger partial charge in [-0.2, -0.15) is 5.10 Å². The van der Waals surface area contributed by atoms with E-state index in [0.717, 1.165) is 13.1 Å². The quantitative estimate of drug-likeness (QED) is 0.829. The van der Waals surface area contributed by atoms with Crippen molar-refractivity contribution in [2.75, 3.05) is 13.1 Å². The summed E-state index contributed by atoms with van der Waals surface area (Å²) in [6.07, 6.45) is 7.73. The SMILES string of the molecule is CC(N)C1CCCCN1CCn1cccn1. The van der Waals surface area contributed by atoms with Crippen molar-refractivity contribution in [1.82, 2.24) is 14.7 Å². The van der Waals surface area contributed by atoms with Gasteiger partial charge in [0.15, 0.2) is 0 Å². The lowest BCUT2D eigenvalue weighted by Crippen LogP contribution is -2.50. The molecule has 2 rings (SSSR count). The van der Waals surface area contributed by atoms with Crippen LogP contribution in [0.5, 0.6) is 0 Å². The Hall–Kier alpha value is -0.870. The zero-order valence-corrected chi connectivity index (χ0v) is 10.0. The molecule has 2 heterocycles. The summed E-state index contributed by atoms with van der Waals surface area (Å²) in [5.41, 5.74) is 6.04. The summed E-state index contributed by atoms with van der Waals surface area (Å²) in [6.45, 7) is 5.34. The zero-order chi connectivity index (χ0) is 11.4. The maximum absolute atomic E-state index is 6.04. The Morgan fingerprint density at radius 3 is 3.00 bits per heavy atom. The predicted octanol–water partition coefficient (Wildman–Crippen LogP) is 1.08. The number of rotatable bonds is 4. The van der Waals surface area contributed by atoms with E-state index in [9.17, 15) is 0 Å². The highest BCUT2D eigenvalue weighted by Crippen LogP contribution is 2.18. The Morgan fingerprint density at radius 2 is 2.31 bits per heavy atom. The molecule has 2 atom stereocenters. The fraction of sp³-hybridized carbons (Fsp3) is 0.750. The average molecular weight is 222 g/mol. The van der Waals surface area contributed by atoms with Crippen LogP contribution in [0.25, 0.3) is 0 Å². The summed E-state index contributed by atoms with van der Waals surface area (Å²) >= 11 is 0. The number of hydrogen-bond acceptors (Lipinski definition) is 3. The molecule has 0 aliphatic carbocycles. The normalized spacial score (nSPS) is 24.5. The van der Waals surface area contributed by atoms with Crippen LogP contribution in [0.2, 0.25) is 0 Å². The molecule has 1 aromatic rings. The van der Waals surface area contributed by atoms with Crippen LogP contribution in [0.15, 0.2) is 18.5 Å². The summed E-state index contributed by atoms with van der Waals surface area (Å²) in [7, 11) is 0. The fourth-order valence-corrected chi connectivity index (χ4v) is 2.55. The molecule has 16 heavy (non-hydrogen) atoms. The highest BCUT2D eigenvalue weighted by molar-refractivity contribution is 4.84. The highest BCUT2D eigenvalue weighted by Gasteiger charge is 2.24. The Bertz CT molecular complexity index is 294. The molecule has 0 amide bonds. The van der Waals surface area contributed by atoms with E-state index in [4.69, 9.17) is 5.73 Å². The van der Waals surface area contributed by atoms with Crippen LogP contribution >= 0.6 is 0 Å². The van der Waals surface area contributed by atoms with Gasteiger partial charge in [0.1, 0.15) is 0 Å². The van der Waals surface area contributed by atoms with Gasteiger partial charge in [0.2, 0.25) is 0 Å². The second-order valence-corrected chi connectivity index (χ2v) is 4.73. The Balaban J connectivity index is 1.86. The third-order valence-electron chi connectivity index (χ3n) is 3.45. The molecule has 0 bridgehead atoms. The van der Waals surface area contributed by atoms with Crippen LogP contribution in [-0.2, 0) is 6.54 Å². The molecule has 1 aliphatic rings. The second kappa shape index (κ2) is 5.46. The maximum Gasteiger partial charge on any atom is 0.0536 e. The van der Waals surface area contributed by atoms with Crippen molar-refractivity contribution in [1.29, 1.82) is 0 Å². The Morgan fingerprint density at radius 1 is 1.44 bits per heavy atom. The van der Waals surface area contributed by atoms with Crippen molar-refractivity contribution >= 4 is 0 Å². The molecular weight excluding hydrogens is 200 g/mol. The van der Waals surface area contributed by atoms with Gasteiger partial charge in [-0.1, -0.05) is 6.42 Å². The van der Waals surface area contributed by atoms with Gasteiger partial charge in [0, 0.05) is 31.0 Å². The summed E-state index contributed by atoms with van der Waals surface area (Å²) in [5.74, 6) is 0. The molecule has 1 aliphatic heterocycles. The Kier molecular flexibility index (Phi) is 3.96. The first-order chi connectivity index (χ1) is 7.77. The number of nitrogens with zero attached hydrogens (tertiary/aromatic N) is 3. The van der Waals surface area contributed by atoms with Gasteiger partial charge in [-0.25, -0.2) is 0 Å². The summed E-state index contributed by atoms with van der Waals surface area (Å²) < 4.78 is 1.99. The molecule has 90 valence electrons. The fourth-order valence-electron chi connectivity index (χ4n) is 2.55. The second-order valence-electron chi connectivity index (χ2n) is 4.73. The molecule has 0 aromatic carbocycles. The maximum atomic E-state index is 6.04. The minimum Gasteiger partial charge on any atom is -0.327 e. The van der Waals surface area contributed by atoms with Gasteiger partial charge >= 0.3 is 0 Å². The first kappa shape index (κ1) is 11.6. The van der Waals surface area contributed by atoms with Crippen LogP contribution < -0.4 is 5.73 Å². The molecule has 4 heteroatoms. The number of likely N-dealkylation sites (tertiary alicyclic amines) is 1. The smallest absolute Gasteiger partial charge is 0.0536 e. The summed E-state index contributed by atoms with van der Waals surface area (Å²) in [6, 6.07) is 2.81. The van der Waals surface area contributed by atoms with Gasteiger partial charge in [-0.15, -0.1) is 0 Å². The van der Waals surface area contributed by atoms with E-state index in [0.29, 0.717) is 6.04 Å². The molecule has 2 N–H and O–H groups in total. The lowest BCUT2D eigenvalue weighted by atomic mass is 9.97. The molecule has 1 aromatic heterocycles. The predicted molar refractivity (Wildman–Crippen MR) is 65.1 cm³/mol. The van der Waals surface area contributed by atoms with Gasteiger partial charge < -0.3 is 5.73 Å². The number of piperidine rings is 1. The van der Waals surface area contributed by atoms with Gasteiger partial charge in [0.25, 0.3) is 0 Å². The highest BCUT2D eigenvalue weighted by atomic mass is 15.3. The molecule has 0 spiro atoms. The first-order valence-corrected chi connectivity index (χ1v) is 6.24. The average Bonchev–Trinajstić information content (AvgIpc) is 2.79. The molecule has 0 radical (unpaired) electrons. The van der Waals surface area contributed by atoms with Gasteiger partial charge in [0.05, 0.1) is 6.54 Å². The molecule has 4 nitrogen and oxygen atoms in total. The summed E-state index contributed by atoms with van der Waals surface area (Å²) in [5, 5.41) is 4.23. The summed E-state index contributed by atoms with van der Waals surface area (Å²) in [4.78, 5) is 2.52. The van der Waals surface area contributed by atoms with Crippen molar-refractivity contribution in [3.05, 3.63) is 18.5 Å². The standard InChI is InChI=1S/C12H22N4/c1-11(13)12-5-2-3-7-15(12)9-10-16-8-4-6-14-16/h4,6,8,11-12H,2-3,5,7,9-10,13H2,1H3. The Labute approximate surface area is 97.4 Å². The van der Waals surface area contributed by atoms with Crippen LogP contribution in [0, 0.1) is 0 Å². The van der Waals surface area contributed by atoms with Gasteiger partial charge in [-0.05, 0) is 32.4 Å². The minimum absolute atomic E-state index is 0.276. The minimum atomic E-state index is 0.276.